The molecule has 21 heavy (non-hydrogen) atoms. The lowest BCUT2D eigenvalue weighted by Gasteiger charge is -2.11. The van der Waals surface area contributed by atoms with Crippen molar-refractivity contribution in [1.82, 2.24) is 0 Å². The summed E-state index contributed by atoms with van der Waals surface area (Å²) in [5.41, 5.74) is 1.64. The Morgan fingerprint density at radius 2 is 2.10 bits per heavy atom. The Morgan fingerprint density at radius 1 is 1.33 bits per heavy atom. The van der Waals surface area contributed by atoms with E-state index >= 15 is 0 Å². The van der Waals surface area contributed by atoms with E-state index in [2.05, 4.69) is 5.32 Å². The summed E-state index contributed by atoms with van der Waals surface area (Å²) in [6.45, 7) is 0. The maximum Gasteiger partial charge on any atom is 0.339 e. The molecular formula is C15H11ClN2O3. The predicted molar refractivity (Wildman–Crippen MR) is 79.4 cm³/mol. The highest BCUT2D eigenvalue weighted by atomic mass is 35.5. The molecule has 0 spiro atoms. The van der Waals surface area contributed by atoms with Crippen molar-refractivity contribution in [3.8, 4) is 11.8 Å². The molecule has 0 fully saturated rings. The van der Waals surface area contributed by atoms with Gasteiger partial charge in [0.05, 0.1) is 18.4 Å². The number of hydrogen-bond acceptors (Lipinski definition) is 4. The topological polar surface area (TPSA) is 82.3 Å². The number of halogens is 1. The summed E-state index contributed by atoms with van der Waals surface area (Å²) in [5.74, 6) is -0.831. The summed E-state index contributed by atoms with van der Waals surface area (Å²) in [6.07, 6.45) is 0. The molecule has 0 aliphatic heterocycles. The Kier molecular flexibility index (Phi) is 4.31. The van der Waals surface area contributed by atoms with Crippen molar-refractivity contribution in [2.24, 2.45) is 0 Å². The summed E-state index contributed by atoms with van der Waals surface area (Å²) in [4.78, 5) is 11.0. The van der Waals surface area contributed by atoms with Gasteiger partial charge in [-0.05, 0) is 30.3 Å². The first kappa shape index (κ1) is 14.7. The number of carboxylic acids is 1. The SMILES string of the molecule is COc1cc(Nc2ccc(Cl)cc2C#N)ccc1C(=O)O. The molecule has 106 valence electrons. The monoisotopic (exact) mass is 302 g/mol. The van der Waals surface area contributed by atoms with Gasteiger partial charge in [0, 0.05) is 16.8 Å². The van der Waals surface area contributed by atoms with Crippen molar-refractivity contribution in [2.45, 2.75) is 0 Å². The van der Waals surface area contributed by atoms with Crippen LogP contribution in [0.2, 0.25) is 5.02 Å². The highest BCUT2D eigenvalue weighted by Crippen LogP contribution is 2.28. The molecule has 0 saturated carbocycles. The van der Waals surface area contributed by atoms with Crippen LogP contribution in [0.3, 0.4) is 0 Å². The van der Waals surface area contributed by atoms with Crippen molar-refractivity contribution >= 4 is 28.9 Å². The normalized spacial score (nSPS) is 9.76. The fourth-order valence-electron chi connectivity index (χ4n) is 1.82. The third-order valence-corrected chi connectivity index (χ3v) is 3.05. The fourth-order valence-corrected chi connectivity index (χ4v) is 1.99. The predicted octanol–water partition coefficient (Wildman–Crippen LogP) is 3.66. The van der Waals surface area contributed by atoms with Crippen molar-refractivity contribution in [3.63, 3.8) is 0 Å². The first-order valence-electron chi connectivity index (χ1n) is 5.93. The molecule has 6 heteroatoms. The van der Waals surface area contributed by atoms with Crippen LogP contribution < -0.4 is 10.1 Å². The van der Waals surface area contributed by atoms with Crippen LogP contribution >= 0.6 is 11.6 Å². The van der Waals surface area contributed by atoms with E-state index < -0.39 is 5.97 Å². The minimum Gasteiger partial charge on any atom is -0.496 e. The molecule has 0 aliphatic carbocycles. The van der Waals surface area contributed by atoms with Gasteiger partial charge >= 0.3 is 5.97 Å². The third-order valence-electron chi connectivity index (χ3n) is 2.81. The Morgan fingerprint density at radius 3 is 2.71 bits per heavy atom. The number of carboxylic acid groups (broad SMARTS) is 1. The van der Waals surface area contributed by atoms with Crippen molar-refractivity contribution in [1.29, 1.82) is 5.26 Å². The highest BCUT2D eigenvalue weighted by Gasteiger charge is 2.12. The van der Waals surface area contributed by atoms with E-state index in [1.807, 2.05) is 6.07 Å². The molecule has 0 bridgehead atoms. The van der Waals surface area contributed by atoms with E-state index in [-0.39, 0.29) is 11.3 Å². The molecular weight excluding hydrogens is 292 g/mol. The van der Waals surface area contributed by atoms with E-state index in [4.69, 9.17) is 26.7 Å². The Hall–Kier alpha value is -2.71. The van der Waals surface area contributed by atoms with Crippen LogP contribution in [0.1, 0.15) is 15.9 Å². The van der Waals surface area contributed by atoms with E-state index in [9.17, 15) is 4.79 Å². The van der Waals surface area contributed by atoms with Gasteiger partial charge in [0.25, 0.3) is 0 Å². The Balaban J connectivity index is 2.37. The van der Waals surface area contributed by atoms with Crippen LogP contribution in [0, 0.1) is 11.3 Å². The van der Waals surface area contributed by atoms with Crippen LogP contribution in [0.15, 0.2) is 36.4 Å². The molecule has 2 N–H and O–H groups in total. The van der Waals surface area contributed by atoms with Gasteiger partial charge in [0.15, 0.2) is 0 Å². The maximum atomic E-state index is 11.0. The largest absolute Gasteiger partial charge is 0.496 e. The molecule has 0 aliphatic rings. The van der Waals surface area contributed by atoms with Gasteiger partial charge < -0.3 is 15.2 Å². The van der Waals surface area contributed by atoms with Crippen LogP contribution in [-0.4, -0.2) is 18.2 Å². The smallest absolute Gasteiger partial charge is 0.339 e. The lowest BCUT2D eigenvalue weighted by Crippen LogP contribution is -2.01. The summed E-state index contributed by atoms with van der Waals surface area (Å²) in [5, 5.41) is 21.6. The molecule has 2 rings (SSSR count). The standard InChI is InChI=1S/C15H11ClN2O3/c1-21-14-7-11(3-4-12(14)15(19)20)18-13-5-2-10(16)6-9(13)8-17/h2-7,18H,1H3,(H,19,20). The average Bonchev–Trinajstić information content (AvgIpc) is 2.48. The van der Waals surface area contributed by atoms with Gasteiger partial charge in [-0.25, -0.2) is 4.79 Å². The van der Waals surface area contributed by atoms with Gasteiger partial charge in [0.2, 0.25) is 0 Å². The Bertz CT molecular complexity index is 738. The molecule has 0 radical (unpaired) electrons. The number of hydrogen-bond donors (Lipinski definition) is 2. The number of aromatic carboxylic acids is 1. The van der Waals surface area contributed by atoms with Crippen molar-refractivity contribution in [3.05, 3.63) is 52.5 Å². The second kappa shape index (κ2) is 6.16. The second-order valence-corrected chi connectivity index (χ2v) is 4.58. The van der Waals surface area contributed by atoms with Gasteiger partial charge in [0.1, 0.15) is 17.4 Å². The molecule has 2 aromatic carbocycles. The van der Waals surface area contributed by atoms with Gasteiger partial charge in [-0.2, -0.15) is 5.26 Å². The molecule has 0 heterocycles. The van der Waals surface area contributed by atoms with E-state index in [0.29, 0.717) is 22.0 Å². The van der Waals surface area contributed by atoms with Gasteiger partial charge in [-0.1, -0.05) is 11.6 Å². The van der Waals surface area contributed by atoms with Gasteiger partial charge in [-0.15, -0.1) is 0 Å². The number of anilines is 2. The summed E-state index contributed by atoms with van der Waals surface area (Å²) >= 11 is 5.84. The number of rotatable bonds is 4. The third kappa shape index (κ3) is 3.25. The maximum absolute atomic E-state index is 11.0. The number of methoxy groups -OCH3 is 1. The zero-order valence-corrected chi connectivity index (χ0v) is 11.8. The molecule has 5 nitrogen and oxygen atoms in total. The first-order chi connectivity index (χ1) is 10.0. The lowest BCUT2D eigenvalue weighted by atomic mass is 10.1. The molecule has 0 saturated heterocycles. The number of nitriles is 1. The fraction of sp³-hybridized carbons (Fsp3) is 0.0667. The molecule has 0 aromatic heterocycles. The summed E-state index contributed by atoms with van der Waals surface area (Å²) in [6, 6.07) is 11.5. The van der Waals surface area contributed by atoms with Crippen LogP contribution in [-0.2, 0) is 0 Å². The molecule has 2 aromatic rings. The second-order valence-electron chi connectivity index (χ2n) is 4.15. The molecule has 0 unspecified atom stereocenters. The number of benzene rings is 2. The molecule has 0 amide bonds. The quantitative estimate of drug-likeness (QED) is 0.900. The average molecular weight is 303 g/mol. The van der Waals surface area contributed by atoms with Crippen LogP contribution in [0.25, 0.3) is 0 Å². The zero-order chi connectivity index (χ0) is 15.4. The number of nitrogens with one attached hydrogen (secondary N) is 1. The van der Waals surface area contributed by atoms with Crippen molar-refractivity contribution in [2.75, 3.05) is 12.4 Å². The van der Waals surface area contributed by atoms with E-state index in [1.54, 1.807) is 30.3 Å². The van der Waals surface area contributed by atoms with Crippen molar-refractivity contribution < 1.29 is 14.6 Å². The zero-order valence-electron chi connectivity index (χ0n) is 11.1. The van der Waals surface area contributed by atoms with Crippen LogP contribution in [0.4, 0.5) is 11.4 Å². The highest BCUT2D eigenvalue weighted by molar-refractivity contribution is 6.30. The number of carbonyl (C=O) groups is 1. The Labute approximate surface area is 126 Å². The first-order valence-corrected chi connectivity index (χ1v) is 6.31. The van der Waals surface area contributed by atoms with E-state index in [1.165, 1.54) is 13.2 Å². The summed E-state index contributed by atoms with van der Waals surface area (Å²) < 4.78 is 5.05. The van der Waals surface area contributed by atoms with Gasteiger partial charge in [-0.3, -0.25) is 0 Å². The molecule has 0 atom stereocenters. The van der Waals surface area contributed by atoms with E-state index in [0.717, 1.165) is 0 Å². The number of nitrogens with zero attached hydrogens (tertiary/aromatic N) is 1. The minimum absolute atomic E-state index is 0.0691. The number of ether oxygens (including phenoxy) is 1. The van der Waals surface area contributed by atoms with Crippen LogP contribution in [0.5, 0.6) is 5.75 Å². The summed E-state index contributed by atoms with van der Waals surface area (Å²) in [7, 11) is 1.40. The minimum atomic E-state index is -1.07. The lowest BCUT2D eigenvalue weighted by molar-refractivity contribution is 0.0693.